The monoisotopic (exact) mass is 317 g/mol. The number of hydrogen-bond acceptors (Lipinski definition) is 4. The Morgan fingerprint density at radius 3 is 2.93 bits per heavy atom. The molecule has 5 nitrogen and oxygen atoms in total. The molecule has 2 aromatic rings. The zero-order chi connectivity index (χ0) is 11.0. The average molecular weight is 317 g/mol. The lowest BCUT2D eigenvalue weighted by Crippen LogP contribution is -2.07. The van der Waals surface area contributed by atoms with Gasteiger partial charge in [0.2, 0.25) is 0 Å². The molecule has 0 radical (unpaired) electrons. The lowest BCUT2D eigenvalue weighted by Gasteiger charge is -2.00. The number of carbonyl (C=O) groups excluding carboxylic acids is 1. The predicted molar refractivity (Wildman–Crippen MR) is 62.7 cm³/mol. The Labute approximate surface area is 99.4 Å². The topological polar surface area (TPSA) is 67.9 Å². The van der Waals surface area contributed by atoms with Gasteiger partial charge >= 0.3 is 5.97 Å². The van der Waals surface area contributed by atoms with Gasteiger partial charge in [0.15, 0.2) is 5.69 Å². The van der Waals surface area contributed by atoms with E-state index in [1.165, 1.54) is 7.11 Å². The summed E-state index contributed by atoms with van der Waals surface area (Å²) in [4.78, 5) is 22.8. The van der Waals surface area contributed by atoms with Crippen LogP contribution < -0.4 is 0 Å². The van der Waals surface area contributed by atoms with Crippen molar-refractivity contribution in [3.63, 3.8) is 0 Å². The molecule has 0 aliphatic heterocycles. The third kappa shape index (κ3) is 1.81. The minimum Gasteiger partial charge on any atom is -0.464 e. The summed E-state index contributed by atoms with van der Waals surface area (Å²) in [6.07, 6.45) is 0. The van der Waals surface area contributed by atoms with E-state index in [0.717, 1.165) is 9.22 Å². The van der Waals surface area contributed by atoms with Gasteiger partial charge < -0.3 is 9.72 Å². The quantitative estimate of drug-likeness (QED) is 0.641. The Balaban J connectivity index is 2.75. The number of fused-ring (bicyclic) bond motifs is 1. The van der Waals surface area contributed by atoms with Crippen molar-refractivity contribution >= 4 is 39.6 Å². The first kappa shape index (κ1) is 10.3. The van der Waals surface area contributed by atoms with Crippen LogP contribution in [0.2, 0.25) is 0 Å². The summed E-state index contributed by atoms with van der Waals surface area (Å²) >= 11 is 2.12. The van der Waals surface area contributed by atoms with E-state index in [0.29, 0.717) is 11.3 Å². The molecule has 0 aliphatic carbocycles. The standard InChI is InChI=1S/C9H8IN3O2/c1-4-11-5-3-6(10)13-7(5)8(12-4)9(14)15-2/h3,13H,1-2H3. The van der Waals surface area contributed by atoms with E-state index in [4.69, 9.17) is 0 Å². The second-order valence-corrected chi connectivity index (χ2v) is 4.15. The first-order valence-electron chi connectivity index (χ1n) is 4.23. The molecule has 0 amide bonds. The first-order valence-corrected chi connectivity index (χ1v) is 5.31. The Kier molecular flexibility index (Phi) is 2.59. The summed E-state index contributed by atoms with van der Waals surface area (Å²) in [6.45, 7) is 1.74. The van der Waals surface area contributed by atoms with Crippen molar-refractivity contribution in [1.82, 2.24) is 15.0 Å². The molecule has 0 spiro atoms. The summed E-state index contributed by atoms with van der Waals surface area (Å²) in [7, 11) is 1.33. The van der Waals surface area contributed by atoms with Gasteiger partial charge in [-0.3, -0.25) is 0 Å². The van der Waals surface area contributed by atoms with Crippen LogP contribution in [0.4, 0.5) is 0 Å². The minimum atomic E-state index is -0.455. The van der Waals surface area contributed by atoms with Gasteiger partial charge in [0.25, 0.3) is 0 Å². The van der Waals surface area contributed by atoms with Crippen molar-refractivity contribution in [2.75, 3.05) is 7.11 Å². The van der Waals surface area contributed by atoms with E-state index in [2.05, 4.69) is 42.3 Å². The van der Waals surface area contributed by atoms with E-state index in [1.807, 2.05) is 6.07 Å². The molecule has 0 bridgehead atoms. The van der Waals surface area contributed by atoms with Gasteiger partial charge in [-0.25, -0.2) is 14.8 Å². The maximum Gasteiger partial charge on any atom is 0.358 e. The molecule has 78 valence electrons. The van der Waals surface area contributed by atoms with E-state index in [-0.39, 0.29) is 5.69 Å². The number of H-pyrrole nitrogens is 1. The summed E-state index contributed by atoms with van der Waals surface area (Å²) in [5.41, 5.74) is 1.63. The van der Waals surface area contributed by atoms with Gasteiger partial charge in [-0.2, -0.15) is 0 Å². The molecule has 6 heteroatoms. The lowest BCUT2D eigenvalue weighted by atomic mass is 10.3. The Bertz CT molecular complexity index is 535. The smallest absolute Gasteiger partial charge is 0.358 e. The number of halogens is 1. The number of rotatable bonds is 1. The summed E-state index contributed by atoms with van der Waals surface area (Å²) < 4.78 is 5.57. The van der Waals surface area contributed by atoms with Crippen LogP contribution >= 0.6 is 22.6 Å². The maximum absolute atomic E-state index is 11.5. The number of aryl methyl sites for hydroxylation is 1. The molecule has 2 aromatic heterocycles. The van der Waals surface area contributed by atoms with E-state index >= 15 is 0 Å². The third-order valence-electron chi connectivity index (χ3n) is 1.94. The van der Waals surface area contributed by atoms with Gasteiger partial charge in [-0.1, -0.05) is 0 Å². The molecule has 2 heterocycles. The number of aromatic nitrogens is 3. The van der Waals surface area contributed by atoms with Crippen molar-refractivity contribution in [2.24, 2.45) is 0 Å². The molecular weight excluding hydrogens is 309 g/mol. The van der Waals surface area contributed by atoms with Crippen LogP contribution in [0.3, 0.4) is 0 Å². The van der Waals surface area contributed by atoms with E-state index < -0.39 is 5.97 Å². The van der Waals surface area contributed by atoms with E-state index in [9.17, 15) is 4.79 Å². The number of nitrogens with one attached hydrogen (secondary N) is 1. The molecule has 0 aliphatic rings. The molecule has 0 unspecified atom stereocenters. The van der Waals surface area contributed by atoms with Gasteiger partial charge in [0, 0.05) is 0 Å². The molecule has 2 rings (SSSR count). The SMILES string of the molecule is COC(=O)c1nc(C)nc2cc(I)[nH]c12. The second-order valence-electron chi connectivity index (χ2n) is 2.99. The van der Waals surface area contributed by atoms with Crippen molar-refractivity contribution in [1.29, 1.82) is 0 Å². The highest BCUT2D eigenvalue weighted by molar-refractivity contribution is 14.1. The van der Waals surface area contributed by atoms with Crippen LogP contribution in [0, 0.1) is 10.6 Å². The van der Waals surface area contributed by atoms with Crippen LogP contribution in [-0.2, 0) is 4.74 Å². The van der Waals surface area contributed by atoms with Crippen molar-refractivity contribution in [3.05, 3.63) is 21.3 Å². The largest absolute Gasteiger partial charge is 0.464 e. The van der Waals surface area contributed by atoms with Crippen LogP contribution in [0.15, 0.2) is 6.07 Å². The highest BCUT2D eigenvalue weighted by Gasteiger charge is 2.15. The second kappa shape index (κ2) is 3.76. The van der Waals surface area contributed by atoms with E-state index in [1.54, 1.807) is 6.92 Å². The van der Waals surface area contributed by atoms with Crippen molar-refractivity contribution in [2.45, 2.75) is 6.92 Å². The molecule has 0 aromatic carbocycles. The maximum atomic E-state index is 11.5. The fraction of sp³-hybridized carbons (Fsp3) is 0.222. The molecular formula is C9H8IN3O2. The molecule has 0 saturated heterocycles. The molecule has 15 heavy (non-hydrogen) atoms. The fourth-order valence-corrected chi connectivity index (χ4v) is 1.91. The van der Waals surface area contributed by atoms with Gasteiger partial charge in [0.1, 0.15) is 5.82 Å². The summed E-state index contributed by atoms with van der Waals surface area (Å²) in [6, 6.07) is 1.86. The van der Waals surface area contributed by atoms with Gasteiger partial charge in [-0.15, -0.1) is 0 Å². The van der Waals surface area contributed by atoms with Crippen molar-refractivity contribution in [3.8, 4) is 0 Å². The number of esters is 1. The number of carbonyl (C=O) groups is 1. The molecule has 1 N–H and O–H groups in total. The number of ether oxygens (including phenoxy) is 1. The normalized spacial score (nSPS) is 10.6. The van der Waals surface area contributed by atoms with Crippen LogP contribution in [0.25, 0.3) is 11.0 Å². The summed E-state index contributed by atoms with van der Waals surface area (Å²) in [5, 5.41) is 0. The van der Waals surface area contributed by atoms with Gasteiger partial charge in [-0.05, 0) is 35.6 Å². The fourth-order valence-electron chi connectivity index (χ4n) is 1.34. The average Bonchev–Trinajstić information content (AvgIpc) is 2.55. The number of hydrogen-bond donors (Lipinski definition) is 1. The Hall–Kier alpha value is -1.18. The zero-order valence-electron chi connectivity index (χ0n) is 8.17. The highest BCUT2D eigenvalue weighted by atomic mass is 127. The molecule has 0 fully saturated rings. The minimum absolute atomic E-state index is 0.280. The number of methoxy groups -OCH3 is 1. The lowest BCUT2D eigenvalue weighted by molar-refractivity contribution is 0.0596. The Morgan fingerprint density at radius 1 is 1.53 bits per heavy atom. The Morgan fingerprint density at radius 2 is 2.27 bits per heavy atom. The summed E-state index contributed by atoms with van der Waals surface area (Å²) in [5.74, 6) is 0.0991. The first-order chi connectivity index (χ1) is 7.11. The van der Waals surface area contributed by atoms with Crippen molar-refractivity contribution < 1.29 is 9.53 Å². The number of aromatic amines is 1. The predicted octanol–water partition coefficient (Wildman–Crippen LogP) is 1.66. The molecule has 0 atom stereocenters. The van der Waals surface area contributed by atoms with Gasteiger partial charge in [0.05, 0.1) is 21.8 Å². The zero-order valence-corrected chi connectivity index (χ0v) is 10.3. The van der Waals surface area contributed by atoms with Crippen LogP contribution in [0.1, 0.15) is 16.3 Å². The molecule has 0 saturated carbocycles. The third-order valence-corrected chi connectivity index (χ3v) is 2.52. The highest BCUT2D eigenvalue weighted by Crippen LogP contribution is 2.18. The van der Waals surface area contributed by atoms with Crippen LogP contribution in [0.5, 0.6) is 0 Å². The number of nitrogens with zero attached hydrogens (tertiary/aromatic N) is 2. The van der Waals surface area contributed by atoms with Crippen LogP contribution in [-0.4, -0.2) is 28.0 Å².